The van der Waals surface area contributed by atoms with E-state index in [1.165, 1.54) is 5.56 Å². The van der Waals surface area contributed by atoms with Crippen molar-refractivity contribution >= 4 is 5.97 Å². The van der Waals surface area contributed by atoms with E-state index in [0.29, 0.717) is 19.3 Å². The molecule has 1 fully saturated rings. The zero-order chi connectivity index (χ0) is 13.7. The monoisotopic (exact) mass is 263 g/mol. The van der Waals surface area contributed by atoms with Crippen LogP contribution < -0.4 is 0 Å². The Morgan fingerprint density at radius 3 is 2.53 bits per heavy atom. The summed E-state index contributed by atoms with van der Waals surface area (Å²) in [5.74, 6) is -1.60. The van der Waals surface area contributed by atoms with Gasteiger partial charge >= 0.3 is 5.97 Å². The minimum atomic E-state index is -1.26. The number of esters is 1. The van der Waals surface area contributed by atoms with Crippen LogP contribution in [0.4, 0.5) is 0 Å². The molecule has 0 unspecified atom stereocenters. The molecule has 1 saturated heterocycles. The van der Waals surface area contributed by atoms with Gasteiger partial charge in [0.1, 0.15) is 0 Å². The van der Waals surface area contributed by atoms with Crippen molar-refractivity contribution in [1.82, 2.24) is 4.90 Å². The van der Waals surface area contributed by atoms with Crippen molar-refractivity contribution in [2.45, 2.75) is 38.5 Å². The molecular formula is C15H21NO3. The summed E-state index contributed by atoms with van der Waals surface area (Å²) in [6, 6.07) is 10.2. The average Bonchev–Trinajstić information content (AvgIpc) is 2.42. The summed E-state index contributed by atoms with van der Waals surface area (Å²) in [6.45, 7) is 4.08. The van der Waals surface area contributed by atoms with Gasteiger partial charge in [-0.3, -0.25) is 9.69 Å². The van der Waals surface area contributed by atoms with Crippen LogP contribution in [0, 0.1) is 0 Å². The summed E-state index contributed by atoms with van der Waals surface area (Å²) in [5.41, 5.74) is 1.26. The highest BCUT2D eigenvalue weighted by atomic mass is 16.7. The van der Waals surface area contributed by atoms with Crippen LogP contribution in [0.5, 0.6) is 0 Å². The molecule has 1 aliphatic heterocycles. The molecule has 1 aromatic carbocycles. The van der Waals surface area contributed by atoms with E-state index in [4.69, 9.17) is 4.74 Å². The number of likely N-dealkylation sites (tertiary alicyclic amines) is 1. The van der Waals surface area contributed by atoms with Crippen LogP contribution in [0.15, 0.2) is 30.3 Å². The maximum Gasteiger partial charge on any atom is 0.308 e. The topological polar surface area (TPSA) is 49.8 Å². The molecule has 1 heterocycles. The Kier molecular flexibility index (Phi) is 4.56. The van der Waals surface area contributed by atoms with Crippen LogP contribution in [-0.2, 0) is 16.1 Å². The zero-order valence-electron chi connectivity index (χ0n) is 11.3. The van der Waals surface area contributed by atoms with Crippen LogP contribution in [0.25, 0.3) is 0 Å². The van der Waals surface area contributed by atoms with Crippen LogP contribution in [-0.4, -0.2) is 34.9 Å². The molecule has 0 radical (unpaired) electrons. The molecule has 4 nitrogen and oxygen atoms in total. The third kappa shape index (κ3) is 4.04. The summed E-state index contributed by atoms with van der Waals surface area (Å²) in [7, 11) is 0. The lowest BCUT2D eigenvalue weighted by atomic mass is 10.0. The fraction of sp³-hybridized carbons (Fsp3) is 0.533. The molecule has 0 atom stereocenters. The molecule has 0 saturated carbocycles. The predicted octanol–water partition coefficient (Wildman–Crippen LogP) is 1.92. The van der Waals surface area contributed by atoms with Crippen LogP contribution in [0.3, 0.4) is 0 Å². The van der Waals surface area contributed by atoms with Gasteiger partial charge < -0.3 is 9.84 Å². The van der Waals surface area contributed by atoms with Gasteiger partial charge in [0, 0.05) is 38.9 Å². The first-order chi connectivity index (χ1) is 9.11. The maximum atomic E-state index is 11.3. The second-order valence-electron chi connectivity index (χ2n) is 5.04. The summed E-state index contributed by atoms with van der Waals surface area (Å²) in [5, 5.41) is 10.2. The highest BCUT2D eigenvalue weighted by Gasteiger charge is 2.35. The SMILES string of the molecule is CCC(=O)OC1(O)CCN(Cc2ccccc2)CC1. The molecule has 1 N–H and O–H groups in total. The zero-order valence-corrected chi connectivity index (χ0v) is 11.3. The van der Waals surface area contributed by atoms with Gasteiger partial charge in [0.2, 0.25) is 5.79 Å². The largest absolute Gasteiger partial charge is 0.433 e. The lowest BCUT2D eigenvalue weighted by Gasteiger charge is -2.37. The number of benzene rings is 1. The van der Waals surface area contributed by atoms with Crippen molar-refractivity contribution in [2.75, 3.05) is 13.1 Å². The Balaban J connectivity index is 1.83. The molecular weight excluding hydrogens is 242 g/mol. The normalized spacial score (nSPS) is 19.1. The highest BCUT2D eigenvalue weighted by molar-refractivity contribution is 5.69. The van der Waals surface area contributed by atoms with Crippen molar-refractivity contribution < 1.29 is 14.6 Å². The van der Waals surface area contributed by atoms with E-state index in [1.54, 1.807) is 6.92 Å². The molecule has 104 valence electrons. The summed E-state index contributed by atoms with van der Waals surface area (Å²) in [4.78, 5) is 13.5. The molecule has 0 spiro atoms. The maximum absolute atomic E-state index is 11.3. The van der Waals surface area contributed by atoms with Gasteiger partial charge in [0.25, 0.3) is 0 Å². The van der Waals surface area contributed by atoms with E-state index < -0.39 is 5.79 Å². The number of aliphatic hydroxyl groups is 1. The van der Waals surface area contributed by atoms with Gasteiger partial charge in [-0.25, -0.2) is 0 Å². The Morgan fingerprint density at radius 1 is 1.32 bits per heavy atom. The van der Waals surface area contributed by atoms with E-state index in [0.717, 1.165) is 19.6 Å². The number of carbonyl (C=O) groups is 1. The molecule has 4 heteroatoms. The first-order valence-corrected chi connectivity index (χ1v) is 6.82. The van der Waals surface area contributed by atoms with Crippen LogP contribution in [0.1, 0.15) is 31.7 Å². The van der Waals surface area contributed by atoms with E-state index in [2.05, 4.69) is 17.0 Å². The summed E-state index contributed by atoms with van der Waals surface area (Å²) >= 11 is 0. The minimum Gasteiger partial charge on any atom is -0.433 e. The minimum absolute atomic E-state index is 0.302. The second-order valence-corrected chi connectivity index (χ2v) is 5.04. The molecule has 0 aromatic heterocycles. The third-order valence-corrected chi connectivity index (χ3v) is 3.48. The quantitative estimate of drug-likeness (QED) is 0.666. The van der Waals surface area contributed by atoms with Crippen molar-refractivity contribution in [3.8, 4) is 0 Å². The molecule has 0 bridgehead atoms. The van der Waals surface area contributed by atoms with Gasteiger partial charge in [-0.2, -0.15) is 0 Å². The molecule has 19 heavy (non-hydrogen) atoms. The van der Waals surface area contributed by atoms with Gasteiger partial charge in [-0.1, -0.05) is 37.3 Å². The first kappa shape index (κ1) is 14.0. The van der Waals surface area contributed by atoms with Gasteiger partial charge in [0.15, 0.2) is 0 Å². The number of piperidine rings is 1. The third-order valence-electron chi connectivity index (χ3n) is 3.48. The summed E-state index contributed by atoms with van der Waals surface area (Å²) in [6.07, 6.45) is 1.26. The van der Waals surface area contributed by atoms with Crippen molar-refractivity contribution in [1.29, 1.82) is 0 Å². The predicted molar refractivity (Wildman–Crippen MR) is 72.3 cm³/mol. The molecule has 0 amide bonds. The number of hydrogen-bond acceptors (Lipinski definition) is 4. The standard InChI is InChI=1S/C15H21NO3/c1-2-14(17)19-15(18)8-10-16(11-9-15)12-13-6-4-3-5-7-13/h3-7,18H,2,8-12H2,1H3. The fourth-order valence-corrected chi connectivity index (χ4v) is 2.29. The Bertz CT molecular complexity index is 411. The lowest BCUT2D eigenvalue weighted by Crippen LogP contribution is -2.46. The highest BCUT2D eigenvalue weighted by Crippen LogP contribution is 2.25. The average molecular weight is 263 g/mol. The van der Waals surface area contributed by atoms with Gasteiger partial charge in [-0.15, -0.1) is 0 Å². The lowest BCUT2D eigenvalue weighted by molar-refractivity contribution is -0.224. The number of ether oxygens (including phenoxy) is 1. The number of rotatable bonds is 4. The second kappa shape index (κ2) is 6.17. The molecule has 1 aromatic rings. The molecule has 1 aliphatic rings. The summed E-state index contributed by atoms with van der Waals surface area (Å²) < 4.78 is 5.12. The van der Waals surface area contributed by atoms with Crippen LogP contribution >= 0.6 is 0 Å². The Labute approximate surface area is 114 Å². The molecule has 0 aliphatic carbocycles. The van der Waals surface area contributed by atoms with Crippen molar-refractivity contribution in [3.63, 3.8) is 0 Å². The van der Waals surface area contributed by atoms with E-state index in [-0.39, 0.29) is 5.97 Å². The molecule has 2 rings (SSSR count). The van der Waals surface area contributed by atoms with Gasteiger partial charge in [0.05, 0.1) is 0 Å². The number of carbonyl (C=O) groups excluding carboxylic acids is 1. The van der Waals surface area contributed by atoms with Crippen molar-refractivity contribution in [2.24, 2.45) is 0 Å². The Morgan fingerprint density at radius 2 is 1.95 bits per heavy atom. The number of nitrogens with zero attached hydrogens (tertiary/aromatic N) is 1. The van der Waals surface area contributed by atoms with Gasteiger partial charge in [-0.05, 0) is 5.56 Å². The smallest absolute Gasteiger partial charge is 0.308 e. The van der Waals surface area contributed by atoms with E-state index in [9.17, 15) is 9.90 Å². The van der Waals surface area contributed by atoms with E-state index >= 15 is 0 Å². The Hall–Kier alpha value is -1.39. The van der Waals surface area contributed by atoms with E-state index in [1.807, 2.05) is 18.2 Å². The van der Waals surface area contributed by atoms with Crippen molar-refractivity contribution in [3.05, 3.63) is 35.9 Å². The first-order valence-electron chi connectivity index (χ1n) is 6.82. The number of hydrogen-bond donors (Lipinski definition) is 1. The van der Waals surface area contributed by atoms with Crippen LogP contribution in [0.2, 0.25) is 0 Å². The fourth-order valence-electron chi connectivity index (χ4n) is 2.29.